The number of primary sulfonamides is 1. The summed E-state index contributed by atoms with van der Waals surface area (Å²) in [5.41, 5.74) is 7.68. The fraction of sp³-hybridized carbons (Fsp3) is 0.571. The molecule has 118 valence electrons. The summed E-state index contributed by atoms with van der Waals surface area (Å²) in [7, 11) is -1.82. The number of nitrogen functional groups attached to an aromatic ring is 1. The molecular weight excluding hydrogens is 290 g/mol. The van der Waals surface area contributed by atoms with Gasteiger partial charge in [0, 0.05) is 38.2 Å². The van der Waals surface area contributed by atoms with Gasteiger partial charge in [-0.05, 0) is 43.4 Å². The first-order valence-electron chi connectivity index (χ1n) is 7.01. The summed E-state index contributed by atoms with van der Waals surface area (Å²) in [6.07, 6.45) is 2.04. The van der Waals surface area contributed by atoms with Gasteiger partial charge in [-0.25, -0.2) is 13.6 Å². The van der Waals surface area contributed by atoms with Gasteiger partial charge in [-0.1, -0.05) is 0 Å². The maximum Gasteiger partial charge on any atom is 0.238 e. The molecular formula is C14H23N3O3S. The zero-order valence-electron chi connectivity index (χ0n) is 12.5. The molecule has 21 heavy (non-hydrogen) atoms. The third kappa shape index (κ3) is 3.87. The highest BCUT2D eigenvalue weighted by atomic mass is 32.2. The van der Waals surface area contributed by atoms with Crippen LogP contribution in [0.2, 0.25) is 0 Å². The lowest BCUT2D eigenvalue weighted by Gasteiger charge is -2.30. The Hall–Kier alpha value is -1.31. The summed E-state index contributed by atoms with van der Waals surface area (Å²) in [4.78, 5) is 2.15. The summed E-state index contributed by atoms with van der Waals surface area (Å²) in [6, 6.07) is 3.21. The van der Waals surface area contributed by atoms with Gasteiger partial charge in [0.15, 0.2) is 0 Å². The van der Waals surface area contributed by atoms with Crippen LogP contribution in [0, 0.1) is 12.8 Å². The van der Waals surface area contributed by atoms with Crippen LogP contribution in [0.3, 0.4) is 0 Å². The van der Waals surface area contributed by atoms with Crippen molar-refractivity contribution >= 4 is 21.4 Å². The highest BCUT2D eigenvalue weighted by molar-refractivity contribution is 7.89. The molecule has 0 bridgehead atoms. The highest BCUT2D eigenvalue weighted by Gasteiger charge is 2.20. The fourth-order valence-corrected chi connectivity index (χ4v) is 3.63. The summed E-state index contributed by atoms with van der Waals surface area (Å²) in [5.74, 6) is 0.544. The first-order chi connectivity index (χ1) is 9.79. The van der Waals surface area contributed by atoms with Gasteiger partial charge in [0.2, 0.25) is 10.0 Å². The predicted molar refractivity (Wildman–Crippen MR) is 83.8 cm³/mol. The molecule has 0 aromatic heterocycles. The van der Waals surface area contributed by atoms with Crippen molar-refractivity contribution < 1.29 is 13.2 Å². The van der Waals surface area contributed by atoms with E-state index in [1.165, 1.54) is 6.07 Å². The molecule has 0 atom stereocenters. The smallest absolute Gasteiger partial charge is 0.238 e. The quantitative estimate of drug-likeness (QED) is 0.811. The van der Waals surface area contributed by atoms with E-state index >= 15 is 0 Å². The number of hydrogen-bond donors (Lipinski definition) is 2. The van der Waals surface area contributed by atoms with Crippen LogP contribution in [0.1, 0.15) is 18.4 Å². The van der Waals surface area contributed by atoms with Gasteiger partial charge >= 0.3 is 0 Å². The van der Waals surface area contributed by atoms with Crippen molar-refractivity contribution in [3.05, 3.63) is 17.7 Å². The van der Waals surface area contributed by atoms with E-state index in [9.17, 15) is 8.42 Å². The average Bonchev–Trinajstić information content (AvgIpc) is 2.40. The average molecular weight is 313 g/mol. The van der Waals surface area contributed by atoms with Crippen LogP contribution < -0.4 is 15.8 Å². The van der Waals surface area contributed by atoms with E-state index in [4.69, 9.17) is 15.6 Å². The Morgan fingerprint density at radius 3 is 2.52 bits per heavy atom. The van der Waals surface area contributed by atoms with Crippen molar-refractivity contribution in [1.82, 2.24) is 0 Å². The highest BCUT2D eigenvalue weighted by Crippen LogP contribution is 2.29. The molecule has 1 heterocycles. The van der Waals surface area contributed by atoms with Crippen LogP contribution >= 0.6 is 0 Å². The van der Waals surface area contributed by atoms with E-state index in [2.05, 4.69) is 4.90 Å². The number of anilines is 2. The first kappa shape index (κ1) is 16.1. The lowest BCUT2D eigenvalue weighted by molar-refractivity contribution is 0.0685. The number of benzene rings is 1. The topological polar surface area (TPSA) is 98.7 Å². The lowest BCUT2D eigenvalue weighted by atomic mass is 9.99. The van der Waals surface area contributed by atoms with E-state index in [0.717, 1.165) is 38.3 Å². The van der Waals surface area contributed by atoms with E-state index in [1.54, 1.807) is 13.0 Å². The molecule has 0 unspecified atom stereocenters. The van der Waals surface area contributed by atoms with Crippen molar-refractivity contribution in [1.29, 1.82) is 0 Å². The molecule has 0 amide bonds. The van der Waals surface area contributed by atoms with Crippen molar-refractivity contribution in [2.45, 2.75) is 24.7 Å². The normalized spacial score (nSPS) is 16.9. The van der Waals surface area contributed by atoms with Crippen LogP contribution in [0.15, 0.2) is 17.0 Å². The van der Waals surface area contributed by atoms with E-state index < -0.39 is 10.0 Å². The molecule has 1 saturated heterocycles. The van der Waals surface area contributed by atoms with Crippen LogP contribution in [-0.2, 0) is 14.8 Å². The van der Waals surface area contributed by atoms with Gasteiger partial charge in [0.05, 0.1) is 4.90 Å². The molecule has 6 nitrogen and oxygen atoms in total. The van der Waals surface area contributed by atoms with Crippen LogP contribution in [0.4, 0.5) is 11.4 Å². The molecule has 1 aromatic carbocycles. The number of sulfonamides is 1. The van der Waals surface area contributed by atoms with Gasteiger partial charge in [-0.3, -0.25) is 0 Å². The fourth-order valence-electron chi connectivity index (χ4n) is 2.80. The van der Waals surface area contributed by atoms with Crippen molar-refractivity contribution in [3.8, 4) is 0 Å². The predicted octanol–water partition coefficient (Wildman–Crippen LogP) is 1.09. The molecule has 1 fully saturated rings. The lowest BCUT2D eigenvalue weighted by Crippen LogP contribution is -2.30. The molecule has 0 aliphatic carbocycles. The summed E-state index contributed by atoms with van der Waals surface area (Å²) >= 11 is 0. The van der Waals surface area contributed by atoms with Crippen molar-refractivity contribution in [2.24, 2.45) is 11.1 Å². The Balaban J connectivity index is 2.28. The minimum atomic E-state index is -3.77. The Labute approximate surface area is 126 Å². The van der Waals surface area contributed by atoms with Crippen LogP contribution in [0.5, 0.6) is 0 Å². The van der Waals surface area contributed by atoms with Gasteiger partial charge in [0.25, 0.3) is 0 Å². The first-order valence-corrected chi connectivity index (χ1v) is 8.55. The molecule has 0 spiro atoms. The Morgan fingerprint density at radius 1 is 1.33 bits per heavy atom. The summed E-state index contributed by atoms with van der Waals surface area (Å²) in [5, 5.41) is 5.26. The Bertz CT molecular complexity index is 610. The van der Waals surface area contributed by atoms with Crippen molar-refractivity contribution in [2.75, 3.05) is 37.4 Å². The molecule has 2 rings (SSSR count). The van der Waals surface area contributed by atoms with Gasteiger partial charge in [0.1, 0.15) is 0 Å². The van der Waals surface area contributed by atoms with Gasteiger partial charge < -0.3 is 15.4 Å². The summed E-state index contributed by atoms with van der Waals surface area (Å²) < 4.78 is 28.7. The van der Waals surface area contributed by atoms with E-state index in [1.807, 2.05) is 7.05 Å². The zero-order chi connectivity index (χ0) is 15.6. The molecule has 1 aliphatic rings. The largest absolute Gasteiger partial charge is 0.399 e. The molecule has 7 heteroatoms. The molecule has 0 saturated carbocycles. The second-order valence-electron chi connectivity index (χ2n) is 5.64. The van der Waals surface area contributed by atoms with E-state index in [0.29, 0.717) is 17.2 Å². The minimum Gasteiger partial charge on any atom is -0.399 e. The molecule has 0 radical (unpaired) electrons. The van der Waals surface area contributed by atoms with Gasteiger partial charge in [-0.15, -0.1) is 0 Å². The molecule has 1 aromatic rings. The second kappa shape index (κ2) is 6.21. The minimum absolute atomic E-state index is 0.0938. The van der Waals surface area contributed by atoms with E-state index in [-0.39, 0.29) is 4.90 Å². The third-order valence-corrected chi connectivity index (χ3v) is 4.98. The SMILES string of the molecule is Cc1c(N(C)CC2CCOCC2)cc(N)cc1S(N)(=O)=O. The number of nitrogens with two attached hydrogens (primary N) is 2. The zero-order valence-corrected chi connectivity index (χ0v) is 13.3. The maximum absolute atomic E-state index is 11.7. The Kier molecular flexibility index (Phi) is 4.75. The second-order valence-corrected chi connectivity index (χ2v) is 7.17. The van der Waals surface area contributed by atoms with Crippen molar-refractivity contribution in [3.63, 3.8) is 0 Å². The Morgan fingerprint density at radius 2 is 1.95 bits per heavy atom. The number of hydrogen-bond acceptors (Lipinski definition) is 5. The molecule has 1 aliphatic heterocycles. The summed E-state index contributed by atoms with van der Waals surface area (Å²) in [6.45, 7) is 4.18. The van der Waals surface area contributed by atoms with Crippen LogP contribution in [0.25, 0.3) is 0 Å². The standard InChI is InChI=1S/C14H23N3O3S/c1-10-13(7-12(15)8-14(10)21(16,18)19)17(2)9-11-3-5-20-6-4-11/h7-8,11H,3-6,9,15H2,1-2H3,(H2,16,18,19). The number of nitrogens with zero attached hydrogens (tertiary/aromatic N) is 1. The maximum atomic E-state index is 11.7. The van der Waals surface area contributed by atoms with Crippen LogP contribution in [-0.4, -0.2) is 35.2 Å². The number of ether oxygens (including phenoxy) is 1. The monoisotopic (exact) mass is 313 g/mol. The van der Waals surface area contributed by atoms with Gasteiger partial charge in [-0.2, -0.15) is 0 Å². The third-order valence-electron chi connectivity index (χ3n) is 3.95. The molecule has 4 N–H and O–H groups in total. The number of rotatable bonds is 4.